The Morgan fingerprint density at radius 2 is 1.76 bits per heavy atom. The van der Waals surface area contributed by atoms with E-state index in [1.54, 1.807) is 0 Å². The van der Waals surface area contributed by atoms with E-state index >= 15 is 0 Å². The molecular weight excluding hydrogens is 488 g/mol. The quantitative estimate of drug-likeness (QED) is 0.406. The fraction of sp³-hybridized carbons (Fsp3) is 0.241. The predicted octanol–water partition coefficient (Wildman–Crippen LogP) is 7.07. The standard InChI is InChI=1S/C29H27BrN2O2/c1-3-27(34)32-25-10-5-4-9-23(25)31-24-16-21(19-13-11-18(2)12-14-19)17-26(33)28(24)29(32)20-7-6-8-22(30)15-20/h4-15,21,29,31H,3,16-17H2,1-2H3/t21-,29-/m0/s1. The molecule has 1 aliphatic carbocycles. The minimum absolute atomic E-state index is 0.0126. The molecule has 34 heavy (non-hydrogen) atoms. The minimum Gasteiger partial charge on any atom is -0.357 e. The summed E-state index contributed by atoms with van der Waals surface area (Å²) in [4.78, 5) is 29.1. The number of fused-ring (bicyclic) bond motifs is 1. The Labute approximate surface area is 208 Å². The summed E-state index contributed by atoms with van der Waals surface area (Å²) < 4.78 is 0.919. The zero-order chi connectivity index (χ0) is 23.8. The third-order valence-corrected chi connectivity index (χ3v) is 7.27. The molecule has 2 aliphatic rings. The van der Waals surface area contributed by atoms with Crippen molar-refractivity contribution in [3.63, 3.8) is 0 Å². The van der Waals surface area contributed by atoms with Crippen LogP contribution in [-0.4, -0.2) is 11.7 Å². The molecule has 1 heterocycles. The van der Waals surface area contributed by atoms with E-state index in [1.165, 1.54) is 11.1 Å². The van der Waals surface area contributed by atoms with E-state index < -0.39 is 6.04 Å². The van der Waals surface area contributed by atoms with Crippen LogP contribution in [0.4, 0.5) is 11.4 Å². The van der Waals surface area contributed by atoms with Crippen LogP contribution in [0.25, 0.3) is 0 Å². The molecule has 0 unspecified atom stereocenters. The highest BCUT2D eigenvalue weighted by Gasteiger charge is 2.41. The number of para-hydroxylation sites is 2. The second-order valence-corrected chi connectivity index (χ2v) is 9.96. The van der Waals surface area contributed by atoms with Crippen LogP contribution in [-0.2, 0) is 9.59 Å². The molecule has 0 bridgehead atoms. The normalized spacial score (nSPS) is 19.7. The second kappa shape index (κ2) is 9.22. The average Bonchev–Trinajstić information content (AvgIpc) is 2.98. The summed E-state index contributed by atoms with van der Waals surface area (Å²) in [5.74, 6) is 0.176. The van der Waals surface area contributed by atoms with E-state index in [-0.39, 0.29) is 17.6 Å². The monoisotopic (exact) mass is 514 g/mol. The van der Waals surface area contributed by atoms with E-state index in [0.717, 1.165) is 33.5 Å². The topological polar surface area (TPSA) is 49.4 Å². The number of ketones is 1. The van der Waals surface area contributed by atoms with Crippen molar-refractivity contribution in [2.75, 3.05) is 10.2 Å². The number of nitrogens with one attached hydrogen (secondary N) is 1. The molecule has 5 heteroatoms. The summed E-state index contributed by atoms with van der Waals surface area (Å²) in [7, 11) is 0. The fourth-order valence-corrected chi connectivity index (χ4v) is 5.52. The number of aryl methyl sites for hydroxylation is 1. The van der Waals surface area contributed by atoms with Crippen molar-refractivity contribution in [3.05, 3.63) is 105 Å². The Morgan fingerprint density at radius 3 is 2.50 bits per heavy atom. The molecule has 5 rings (SSSR count). The van der Waals surface area contributed by atoms with Crippen molar-refractivity contribution >= 4 is 39.0 Å². The molecule has 1 aliphatic heterocycles. The van der Waals surface area contributed by atoms with Crippen molar-refractivity contribution < 1.29 is 9.59 Å². The summed E-state index contributed by atoms with van der Waals surface area (Å²) in [6.07, 6.45) is 1.50. The Hall–Kier alpha value is -3.18. The molecule has 3 aromatic carbocycles. The van der Waals surface area contributed by atoms with Crippen molar-refractivity contribution in [2.24, 2.45) is 0 Å². The number of hydrogen-bond acceptors (Lipinski definition) is 3. The highest BCUT2D eigenvalue weighted by atomic mass is 79.9. The van der Waals surface area contributed by atoms with Gasteiger partial charge in [0.25, 0.3) is 0 Å². The predicted molar refractivity (Wildman–Crippen MR) is 140 cm³/mol. The molecule has 172 valence electrons. The third-order valence-electron chi connectivity index (χ3n) is 6.77. The Balaban J connectivity index is 1.70. The van der Waals surface area contributed by atoms with Crippen LogP contribution in [0.2, 0.25) is 0 Å². The first-order chi connectivity index (χ1) is 16.5. The van der Waals surface area contributed by atoms with Crippen LogP contribution in [0.15, 0.2) is 88.5 Å². The first kappa shape index (κ1) is 22.6. The molecule has 0 saturated carbocycles. The molecule has 0 fully saturated rings. The van der Waals surface area contributed by atoms with Gasteiger partial charge < -0.3 is 5.32 Å². The van der Waals surface area contributed by atoms with Gasteiger partial charge in [-0.3, -0.25) is 14.5 Å². The first-order valence-electron chi connectivity index (χ1n) is 11.7. The van der Waals surface area contributed by atoms with Crippen LogP contribution < -0.4 is 10.2 Å². The van der Waals surface area contributed by atoms with Crippen molar-refractivity contribution in [2.45, 2.75) is 45.1 Å². The van der Waals surface area contributed by atoms with Crippen LogP contribution in [0.3, 0.4) is 0 Å². The Bertz CT molecular complexity index is 1300. The summed E-state index contributed by atoms with van der Waals surface area (Å²) in [6.45, 7) is 3.94. The third kappa shape index (κ3) is 4.09. The minimum atomic E-state index is -0.484. The lowest BCUT2D eigenvalue weighted by Crippen LogP contribution is -2.38. The Kier molecular flexibility index (Phi) is 6.13. The summed E-state index contributed by atoms with van der Waals surface area (Å²) >= 11 is 3.58. The van der Waals surface area contributed by atoms with Gasteiger partial charge in [-0.05, 0) is 54.7 Å². The van der Waals surface area contributed by atoms with E-state index in [0.29, 0.717) is 18.4 Å². The number of hydrogen-bond donors (Lipinski definition) is 1. The molecule has 0 radical (unpaired) electrons. The lowest BCUT2D eigenvalue weighted by molar-refractivity contribution is -0.119. The number of carbonyl (C=O) groups excluding carboxylic acids is 2. The molecule has 1 amide bonds. The maximum Gasteiger partial charge on any atom is 0.227 e. The number of anilines is 2. The summed E-state index contributed by atoms with van der Waals surface area (Å²) in [6, 6.07) is 23.8. The van der Waals surface area contributed by atoms with E-state index in [4.69, 9.17) is 0 Å². The lowest BCUT2D eigenvalue weighted by Gasteiger charge is -2.35. The van der Waals surface area contributed by atoms with E-state index in [9.17, 15) is 9.59 Å². The van der Waals surface area contributed by atoms with Crippen LogP contribution in [0.1, 0.15) is 54.8 Å². The van der Waals surface area contributed by atoms with Gasteiger partial charge >= 0.3 is 0 Å². The number of allylic oxidation sites excluding steroid dienone is 1. The van der Waals surface area contributed by atoms with Gasteiger partial charge in [0.15, 0.2) is 5.78 Å². The number of halogens is 1. The van der Waals surface area contributed by atoms with Crippen molar-refractivity contribution in [1.82, 2.24) is 0 Å². The molecule has 0 spiro atoms. The smallest absolute Gasteiger partial charge is 0.227 e. The number of benzene rings is 3. The molecule has 4 nitrogen and oxygen atoms in total. The van der Waals surface area contributed by atoms with Crippen molar-refractivity contribution in [1.29, 1.82) is 0 Å². The number of nitrogens with zero attached hydrogens (tertiary/aromatic N) is 1. The largest absolute Gasteiger partial charge is 0.357 e. The summed E-state index contributed by atoms with van der Waals surface area (Å²) in [5, 5.41) is 3.58. The fourth-order valence-electron chi connectivity index (χ4n) is 5.10. The highest BCUT2D eigenvalue weighted by molar-refractivity contribution is 9.10. The van der Waals surface area contributed by atoms with Crippen LogP contribution in [0, 0.1) is 6.92 Å². The van der Waals surface area contributed by atoms with Gasteiger partial charge in [-0.15, -0.1) is 0 Å². The zero-order valence-electron chi connectivity index (χ0n) is 19.3. The first-order valence-corrected chi connectivity index (χ1v) is 12.5. The van der Waals surface area contributed by atoms with Crippen LogP contribution >= 0.6 is 15.9 Å². The van der Waals surface area contributed by atoms with Gasteiger partial charge in [-0.1, -0.05) is 76.9 Å². The maximum absolute atomic E-state index is 13.9. The molecule has 0 aromatic heterocycles. The molecule has 1 N–H and O–H groups in total. The molecule has 2 atom stereocenters. The van der Waals surface area contributed by atoms with Gasteiger partial charge in [0.05, 0.1) is 17.4 Å². The molecular formula is C29H27BrN2O2. The van der Waals surface area contributed by atoms with Gasteiger partial charge in [-0.2, -0.15) is 0 Å². The van der Waals surface area contributed by atoms with Gasteiger partial charge in [0, 0.05) is 28.6 Å². The van der Waals surface area contributed by atoms with E-state index in [2.05, 4.69) is 52.4 Å². The Morgan fingerprint density at radius 1 is 1.00 bits per heavy atom. The molecule has 0 saturated heterocycles. The van der Waals surface area contributed by atoms with E-state index in [1.807, 2.05) is 60.4 Å². The van der Waals surface area contributed by atoms with Crippen LogP contribution in [0.5, 0.6) is 0 Å². The SMILES string of the molecule is CCC(=O)N1c2ccccc2NC2=C(C(=O)C[C@@H](c3ccc(C)cc3)C2)[C@@H]1c1cccc(Br)c1. The van der Waals surface area contributed by atoms with Crippen molar-refractivity contribution in [3.8, 4) is 0 Å². The number of carbonyl (C=O) groups is 2. The maximum atomic E-state index is 13.9. The summed E-state index contributed by atoms with van der Waals surface area (Å²) in [5.41, 5.74) is 6.55. The zero-order valence-corrected chi connectivity index (χ0v) is 20.9. The highest BCUT2D eigenvalue weighted by Crippen LogP contribution is 2.47. The molecule has 3 aromatic rings. The van der Waals surface area contributed by atoms with Gasteiger partial charge in [0.1, 0.15) is 0 Å². The van der Waals surface area contributed by atoms with Gasteiger partial charge in [0.2, 0.25) is 5.91 Å². The number of Topliss-reactive ketones (excluding diaryl/α,β-unsaturated/α-hetero) is 1. The van der Waals surface area contributed by atoms with Gasteiger partial charge in [-0.25, -0.2) is 0 Å². The number of rotatable bonds is 3. The lowest BCUT2D eigenvalue weighted by atomic mass is 9.78. The average molecular weight is 515 g/mol. The number of amides is 1. The second-order valence-electron chi connectivity index (χ2n) is 9.05.